The molecular formula is C18H42N4. The zero-order valence-electron chi connectivity index (χ0n) is 15.3. The Balaban J connectivity index is 3.82. The average Bonchev–Trinajstić information content (AvgIpc) is 2.55. The molecule has 0 aromatic carbocycles. The monoisotopic (exact) mass is 314 g/mol. The van der Waals surface area contributed by atoms with Crippen LogP contribution >= 0.6 is 0 Å². The van der Waals surface area contributed by atoms with Crippen LogP contribution in [0.5, 0.6) is 0 Å². The molecule has 0 aromatic heterocycles. The van der Waals surface area contributed by atoms with E-state index in [1.165, 1.54) is 51.4 Å². The van der Waals surface area contributed by atoms with E-state index in [0.29, 0.717) is 5.41 Å². The van der Waals surface area contributed by atoms with Crippen molar-refractivity contribution in [2.45, 2.75) is 71.6 Å². The third kappa shape index (κ3) is 11.4. The topological polar surface area (TPSA) is 76.1 Å². The highest BCUT2D eigenvalue weighted by Gasteiger charge is 2.26. The summed E-state index contributed by atoms with van der Waals surface area (Å²) in [7, 11) is 0. The van der Waals surface area contributed by atoms with Crippen LogP contribution in [0.1, 0.15) is 71.6 Å². The van der Waals surface area contributed by atoms with E-state index >= 15 is 0 Å². The lowest BCUT2D eigenvalue weighted by molar-refractivity contribution is 0.225. The van der Waals surface area contributed by atoms with E-state index < -0.39 is 0 Å². The fourth-order valence-electron chi connectivity index (χ4n) is 2.89. The molecule has 4 heteroatoms. The number of unbranched alkanes of at least 4 members (excludes halogenated alkanes) is 3. The molecule has 0 aliphatic heterocycles. The molecule has 0 bridgehead atoms. The van der Waals surface area contributed by atoms with Gasteiger partial charge in [0.05, 0.1) is 0 Å². The van der Waals surface area contributed by atoms with Crippen molar-refractivity contribution in [1.82, 2.24) is 10.6 Å². The number of hydrogen-bond acceptors (Lipinski definition) is 4. The molecule has 0 unspecified atom stereocenters. The van der Waals surface area contributed by atoms with Gasteiger partial charge in [-0.2, -0.15) is 0 Å². The fourth-order valence-corrected chi connectivity index (χ4v) is 2.89. The maximum atomic E-state index is 6.14. The van der Waals surface area contributed by atoms with Gasteiger partial charge < -0.3 is 22.1 Å². The Bertz CT molecular complexity index is 213. The summed E-state index contributed by atoms with van der Waals surface area (Å²) < 4.78 is 0. The quantitative estimate of drug-likeness (QED) is 0.311. The first kappa shape index (κ1) is 21.8. The predicted octanol–water partition coefficient (Wildman–Crippen LogP) is 2.62. The van der Waals surface area contributed by atoms with Gasteiger partial charge in [0.15, 0.2) is 0 Å². The second-order valence-electron chi connectivity index (χ2n) is 6.69. The van der Waals surface area contributed by atoms with Crippen LogP contribution in [-0.2, 0) is 0 Å². The normalized spacial score (nSPS) is 12.0. The second-order valence-corrected chi connectivity index (χ2v) is 6.69. The first-order chi connectivity index (χ1) is 10.7. The van der Waals surface area contributed by atoms with E-state index in [0.717, 1.165) is 45.7 Å². The summed E-state index contributed by atoms with van der Waals surface area (Å²) in [5.41, 5.74) is 11.9. The van der Waals surface area contributed by atoms with Crippen molar-refractivity contribution < 1.29 is 0 Å². The Hall–Kier alpha value is -0.160. The van der Waals surface area contributed by atoms with Crippen LogP contribution in [-0.4, -0.2) is 39.3 Å². The van der Waals surface area contributed by atoms with Crippen molar-refractivity contribution in [2.75, 3.05) is 39.3 Å². The molecule has 6 N–H and O–H groups in total. The van der Waals surface area contributed by atoms with E-state index in [2.05, 4.69) is 24.5 Å². The van der Waals surface area contributed by atoms with E-state index in [-0.39, 0.29) is 0 Å². The van der Waals surface area contributed by atoms with Crippen molar-refractivity contribution in [3.63, 3.8) is 0 Å². The van der Waals surface area contributed by atoms with E-state index in [1.807, 2.05) is 0 Å². The summed E-state index contributed by atoms with van der Waals surface area (Å²) in [6, 6.07) is 0. The molecule has 0 spiro atoms. The largest absolute Gasteiger partial charge is 0.330 e. The van der Waals surface area contributed by atoms with Crippen LogP contribution in [0.4, 0.5) is 0 Å². The van der Waals surface area contributed by atoms with Crippen LogP contribution in [0, 0.1) is 5.41 Å². The molecule has 0 amide bonds. The molecule has 0 saturated carbocycles. The molecule has 0 fully saturated rings. The minimum atomic E-state index is 0.325. The average molecular weight is 315 g/mol. The highest BCUT2D eigenvalue weighted by molar-refractivity contribution is 4.82. The maximum Gasteiger partial charge on any atom is 0.00199 e. The number of hydrogen-bond donors (Lipinski definition) is 4. The van der Waals surface area contributed by atoms with Gasteiger partial charge in [-0.1, -0.05) is 39.5 Å². The summed E-state index contributed by atoms with van der Waals surface area (Å²) in [4.78, 5) is 0. The lowest BCUT2D eigenvalue weighted by Crippen LogP contribution is -2.41. The molecule has 0 rings (SSSR count). The Morgan fingerprint density at radius 3 is 1.77 bits per heavy atom. The van der Waals surface area contributed by atoms with E-state index in [4.69, 9.17) is 11.5 Å². The molecule has 0 aliphatic carbocycles. The zero-order valence-corrected chi connectivity index (χ0v) is 15.3. The standard InChI is InChI=1S/C18H42N4/c1-3-5-10-18(16-20,11-6-4-2)17-22-14-8-7-13-21-15-9-12-19/h21-22H,3-17,19-20H2,1-2H3. The molecule has 0 aromatic rings. The van der Waals surface area contributed by atoms with Crippen LogP contribution < -0.4 is 22.1 Å². The molecule has 22 heavy (non-hydrogen) atoms. The minimum Gasteiger partial charge on any atom is -0.330 e. The highest BCUT2D eigenvalue weighted by Crippen LogP contribution is 2.29. The number of nitrogens with two attached hydrogens (primary N) is 2. The Kier molecular flexibility index (Phi) is 15.6. The highest BCUT2D eigenvalue weighted by atomic mass is 14.9. The summed E-state index contributed by atoms with van der Waals surface area (Å²) in [6.07, 6.45) is 11.2. The lowest BCUT2D eigenvalue weighted by atomic mass is 9.78. The molecule has 0 aliphatic rings. The first-order valence-electron chi connectivity index (χ1n) is 9.56. The fraction of sp³-hybridized carbons (Fsp3) is 1.00. The third-order valence-corrected chi connectivity index (χ3v) is 4.57. The molecule has 4 nitrogen and oxygen atoms in total. The van der Waals surface area contributed by atoms with Crippen molar-refractivity contribution in [3.8, 4) is 0 Å². The molecular weight excluding hydrogens is 272 g/mol. The Morgan fingerprint density at radius 1 is 0.727 bits per heavy atom. The molecule has 0 atom stereocenters. The molecule has 134 valence electrons. The van der Waals surface area contributed by atoms with Crippen LogP contribution in [0.2, 0.25) is 0 Å². The van der Waals surface area contributed by atoms with E-state index in [9.17, 15) is 0 Å². The summed E-state index contributed by atoms with van der Waals surface area (Å²) in [5, 5.41) is 7.10. The van der Waals surface area contributed by atoms with Gasteiger partial charge in [0.25, 0.3) is 0 Å². The van der Waals surface area contributed by atoms with Gasteiger partial charge in [-0.15, -0.1) is 0 Å². The Labute approximate surface area is 139 Å². The van der Waals surface area contributed by atoms with Gasteiger partial charge in [-0.25, -0.2) is 0 Å². The zero-order chi connectivity index (χ0) is 16.5. The van der Waals surface area contributed by atoms with Crippen LogP contribution in [0.15, 0.2) is 0 Å². The SMILES string of the molecule is CCCCC(CN)(CCCC)CNCCCCNCCCN. The minimum absolute atomic E-state index is 0.325. The maximum absolute atomic E-state index is 6.14. The summed E-state index contributed by atoms with van der Waals surface area (Å²) >= 11 is 0. The smallest absolute Gasteiger partial charge is 0.00199 e. The second kappa shape index (κ2) is 15.7. The van der Waals surface area contributed by atoms with Gasteiger partial charge >= 0.3 is 0 Å². The first-order valence-corrected chi connectivity index (χ1v) is 9.56. The van der Waals surface area contributed by atoms with Gasteiger partial charge in [-0.3, -0.25) is 0 Å². The van der Waals surface area contributed by atoms with Gasteiger partial charge in [-0.05, 0) is 70.2 Å². The van der Waals surface area contributed by atoms with Crippen molar-refractivity contribution >= 4 is 0 Å². The van der Waals surface area contributed by atoms with Crippen LogP contribution in [0.25, 0.3) is 0 Å². The van der Waals surface area contributed by atoms with Gasteiger partial charge in [0, 0.05) is 6.54 Å². The van der Waals surface area contributed by atoms with Crippen molar-refractivity contribution in [2.24, 2.45) is 16.9 Å². The van der Waals surface area contributed by atoms with Crippen molar-refractivity contribution in [3.05, 3.63) is 0 Å². The molecule has 0 saturated heterocycles. The Morgan fingerprint density at radius 2 is 1.27 bits per heavy atom. The van der Waals surface area contributed by atoms with Crippen LogP contribution in [0.3, 0.4) is 0 Å². The predicted molar refractivity (Wildman–Crippen MR) is 99.2 cm³/mol. The summed E-state index contributed by atoms with van der Waals surface area (Å²) in [5.74, 6) is 0. The lowest BCUT2D eigenvalue weighted by Gasteiger charge is -2.33. The molecule has 0 heterocycles. The number of rotatable bonds is 17. The number of nitrogens with one attached hydrogen (secondary N) is 2. The van der Waals surface area contributed by atoms with Gasteiger partial charge in [0.2, 0.25) is 0 Å². The van der Waals surface area contributed by atoms with Crippen molar-refractivity contribution in [1.29, 1.82) is 0 Å². The summed E-state index contributed by atoms with van der Waals surface area (Å²) in [6.45, 7) is 10.5. The van der Waals surface area contributed by atoms with Gasteiger partial charge in [0.1, 0.15) is 0 Å². The molecule has 0 radical (unpaired) electrons. The third-order valence-electron chi connectivity index (χ3n) is 4.57. The van der Waals surface area contributed by atoms with E-state index in [1.54, 1.807) is 0 Å².